The number of aryl methyl sites for hydroxylation is 1. The largest absolute Gasteiger partial charge is 0.493 e. The topological polar surface area (TPSA) is 59.6 Å². The lowest BCUT2D eigenvalue weighted by atomic mass is 10.1. The van der Waals surface area contributed by atoms with Gasteiger partial charge in [0.15, 0.2) is 18.1 Å². The molecule has 1 amide bonds. The lowest BCUT2D eigenvalue weighted by Gasteiger charge is -2.16. The Labute approximate surface area is 174 Å². The van der Waals surface area contributed by atoms with Gasteiger partial charge in [-0.05, 0) is 65.5 Å². The lowest BCUT2D eigenvalue weighted by molar-refractivity contribution is -0.118. The summed E-state index contributed by atoms with van der Waals surface area (Å²) < 4.78 is 12.0. The zero-order chi connectivity index (χ0) is 19.9. The van der Waals surface area contributed by atoms with Gasteiger partial charge in [0.2, 0.25) is 0 Å². The van der Waals surface area contributed by atoms with Crippen LogP contribution in [0.3, 0.4) is 0 Å². The maximum absolute atomic E-state index is 12.2. The van der Waals surface area contributed by atoms with E-state index in [2.05, 4.69) is 26.6 Å². The first-order chi connectivity index (χ1) is 13.5. The molecule has 1 aliphatic rings. The van der Waals surface area contributed by atoms with Crippen LogP contribution in [-0.2, 0) is 11.3 Å². The summed E-state index contributed by atoms with van der Waals surface area (Å²) in [5, 5.41) is 6.43. The number of rotatable bonds is 8. The Balaban J connectivity index is 1.59. The third-order valence-corrected chi connectivity index (χ3v) is 5.51. The highest BCUT2D eigenvalue weighted by atomic mass is 79.9. The van der Waals surface area contributed by atoms with E-state index >= 15 is 0 Å². The van der Waals surface area contributed by atoms with Gasteiger partial charge in [-0.25, -0.2) is 0 Å². The zero-order valence-electron chi connectivity index (χ0n) is 16.4. The second kappa shape index (κ2) is 9.94. The quantitative estimate of drug-likeness (QED) is 0.610. The summed E-state index contributed by atoms with van der Waals surface area (Å²) in [5.74, 6) is 0.927. The highest BCUT2D eigenvalue weighted by Gasteiger charge is 2.16. The summed E-state index contributed by atoms with van der Waals surface area (Å²) in [5.41, 5.74) is 3.01. The molecule has 0 heterocycles. The molecule has 0 saturated heterocycles. The van der Waals surface area contributed by atoms with Gasteiger partial charge in [-0.1, -0.05) is 30.5 Å². The fourth-order valence-electron chi connectivity index (χ4n) is 3.38. The van der Waals surface area contributed by atoms with Gasteiger partial charge < -0.3 is 20.1 Å². The monoisotopic (exact) mass is 446 g/mol. The van der Waals surface area contributed by atoms with E-state index in [4.69, 9.17) is 9.47 Å². The third kappa shape index (κ3) is 5.72. The van der Waals surface area contributed by atoms with Crippen LogP contribution in [0.5, 0.6) is 11.5 Å². The predicted octanol–water partition coefficient (Wildman–Crippen LogP) is 4.82. The maximum atomic E-state index is 12.2. The molecular weight excluding hydrogens is 420 g/mol. The molecule has 0 unspecified atom stereocenters. The average molecular weight is 447 g/mol. The van der Waals surface area contributed by atoms with Crippen molar-refractivity contribution >= 4 is 27.5 Å². The Morgan fingerprint density at radius 3 is 2.57 bits per heavy atom. The van der Waals surface area contributed by atoms with E-state index in [9.17, 15) is 4.79 Å². The smallest absolute Gasteiger partial charge is 0.262 e. The fourth-order valence-corrected chi connectivity index (χ4v) is 3.98. The number of ether oxygens (including phenoxy) is 2. The number of halogens is 1. The summed E-state index contributed by atoms with van der Waals surface area (Å²) in [6.07, 6.45) is 5.11. The van der Waals surface area contributed by atoms with Gasteiger partial charge in [0.05, 0.1) is 11.6 Å². The fraction of sp³-hybridized carbons (Fsp3) is 0.409. The van der Waals surface area contributed by atoms with Crippen molar-refractivity contribution < 1.29 is 14.3 Å². The van der Waals surface area contributed by atoms with Gasteiger partial charge in [0, 0.05) is 18.3 Å². The minimum Gasteiger partial charge on any atom is -0.493 e. The molecular formula is C22H27BrN2O3. The number of methoxy groups -OCH3 is 1. The van der Waals surface area contributed by atoms with E-state index in [0.717, 1.165) is 27.8 Å². The van der Waals surface area contributed by atoms with Crippen molar-refractivity contribution in [3.63, 3.8) is 0 Å². The first kappa shape index (κ1) is 20.7. The number of anilines is 1. The number of hydrogen-bond donors (Lipinski definition) is 2. The molecule has 2 aromatic carbocycles. The van der Waals surface area contributed by atoms with E-state index in [1.54, 1.807) is 7.11 Å². The van der Waals surface area contributed by atoms with Gasteiger partial charge in [0.1, 0.15) is 0 Å². The molecule has 6 heteroatoms. The van der Waals surface area contributed by atoms with Gasteiger partial charge in [-0.2, -0.15) is 0 Å². The minimum absolute atomic E-state index is 0.0947. The van der Waals surface area contributed by atoms with Crippen molar-refractivity contribution in [2.24, 2.45) is 0 Å². The van der Waals surface area contributed by atoms with Gasteiger partial charge in [0.25, 0.3) is 5.91 Å². The summed E-state index contributed by atoms with van der Waals surface area (Å²) >= 11 is 3.55. The molecule has 3 rings (SSSR count). The van der Waals surface area contributed by atoms with Crippen LogP contribution < -0.4 is 20.1 Å². The van der Waals surface area contributed by atoms with Gasteiger partial charge in [-0.15, -0.1) is 0 Å². The van der Waals surface area contributed by atoms with Crippen LogP contribution in [0.4, 0.5) is 5.69 Å². The minimum atomic E-state index is -0.218. The number of carbonyl (C=O) groups is 1. The van der Waals surface area contributed by atoms with Crippen molar-refractivity contribution in [1.82, 2.24) is 5.32 Å². The average Bonchev–Trinajstić information content (AvgIpc) is 3.20. The summed E-state index contributed by atoms with van der Waals surface area (Å²) in [6, 6.07) is 12.2. The molecule has 150 valence electrons. The second-order valence-corrected chi connectivity index (χ2v) is 8.03. The van der Waals surface area contributed by atoms with Crippen LogP contribution in [0.1, 0.15) is 36.8 Å². The van der Waals surface area contributed by atoms with E-state index in [1.807, 2.05) is 43.3 Å². The van der Waals surface area contributed by atoms with Crippen molar-refractivity contribution in [3.05, 3.63) is 52.0 Å². The molecule has 2 N–H and O–H groups in total. The zero-order valence-corrected chi connectivity index (χ0v) is 18.0. The Morgan fingerprint density at radius 2 is 1.89 bits per heavy atom. The van der Waals surface area contributed by atoms with Crippen molar-refractivity contribution in [2.45, 2.75) is 45.2 Å². The van der Waals surface area contributed by atoms with Crippen LogP contribution >= 0.6 is 15.9 Å². The van der Waals surface area contributed by atoms with E-state index in [-0.39, 0.29) is 12.5 Å². The number of hydrogen-bond acceptors (Lipinski definition) is 4. The van der Waals surface area contributed by atoms with E-state index in [1.165, 1.54) is 25.7 Å². The van der Waals surface area contributed by atoms with Crippen LogP contribution in [0, 0.1) is 6.92 Å². The molecule has 0 radical (unpaired) electrons. The number of carbonyl (C=O) groups excluding carboxylic acids is 1. The summed E-state index contributed by atoms with van der Waals surface area (Å²) in [6.45, 7) is 2.70. The molecule has 0 aliphatic heterocycles. The molecule has 5 nitrogen and oxygen atoms in total. The molecule has 0 spiro atoms. The molecule has 0 atom stereocenters. The Bertz CT molecular complexity index is 802. The van der Waals surface area contributed by atoms with Crippen molar-refractivity contribution in [2.75, 3.05) is 19.0 Å². The summed E-state index contributed by atoms with van der Waals surface area (Å²) in [7, 11) is 1.61. The SMILES string of the molecule is COc1cc(CNC2CCCC2)cc(Br)c1OCC(=O)Nc1ccc(C)cc1. The molecule has 1 saturated carbocycles. The molecule has 28 heavy (non-hydrogen) atoms. The summed E-state index contributed by atoms with van der Waals surface area (Å²) in [4.78, 5) is 12.2. The Hall–Kier alpha value is -2.05. The van der Waals surface area contributed by atoms with Crippen LogP contribution in [0.25, 0.3) is 0 Å². The highest BCUT2D eigenvalue weighted by molar-refractivity contribution is 9.10. The molecule has 1 fully saturated rings. The Morgan fingerprint density at radius 1 is 1.18 bits per heavy atom. The first-order valence-corrected chi connectivity index (χ1v) is 10.4. The van der Waals surface area contributed by atoms with Crippen molar-refractivity contribution in [1.29, 1.82) is 0 Å². The predicted molar refractivity (Wildman–Crippen MR) is 115 cm³/mol. The molecule has 0 bridgehead atoms. The highest BCUT2D eigenvalue weighted by Crippen LogP contribution is 2.36. The van der Waals surface area contributed by atoms with Crippen LogP contribution in [-0.4, -0.2) is 25.7 Å². The van der Waals surface area contributed by atoms with Crippen molar-refractivity contribution in [3.8, 4) is 11.5 Å². The first-order valence-electron chi connectivity index (χ1n) is 9.64. The van der Waals surface area contributed by atoms with E-state index in [0.29, 0.717) is 17.5 Å². The molecule has 0 aromatic heterocycles. The normalized spacial score (nSPS) is 14.1. The van der Waals surface area contributed by atoms with Crippen LogP contribution in [0.2, 0.25) is 0 Å². The van der Waals surface area contributed by atoms with E-state index < -0.39 is 0 Å². The third-order valence-electron chi connectivity index (χ3n) is 4.92. The number of amides is 1. The molecule has 2 aromatic rings. The number of nitrogens with one attached hydrogen (secondary N) is 2. The second-order valence-electron chi connectivity index (χ2n) is 7.17. The lowest BCUT2D eigenvalue weighted by Crippen LogP contribution is -2.25. The number of benzene rings is 2. The maximum Gasteiger partial charge on any atom is 0.262 e. The van der Waals surface area contributed by atoms with Gasteiger partial charge in [-0.3, -0.25) is 4.79 Å². The standard InChI is InChI=1S/C22H27BrN2O3/c1-15-7-9-18(10-8-15)25-21(26)14-28-22-19(23)11-16(12-20(22)27-2)13-24-17-5-3-4-6-17/h7-12,17,24H,3-6,13-14H2,1-2H3,(H,25,26). The van der Waals surface area contributed by atoms with Gasteiger partial charge >= 0.3 is 0 Å². The molecule has 1 aliphatic carbocycles. The Kier molecular flexibility index (Phi) is 7.34. The van der Waals surface area contributed by atoms with Crippen LogP contribution in [0.15, 0.2) is 40.9 Å².